The number of ether oxygens (including phenoxy) is 1. The number of fused-ring (bicyclic) bond motifs is 3. The van der Waals surface area contributed by atoms with Crippen LogP contribution in [-0.4, -0.2) is 24.9 Å². The number of ketones is 1. The molecule has 3 aliphatic rings. The molecule has 4 rings (SSSR count). The summed E-state index contributed by atoms with van der Waals surface area (Å²) >= 11 is 0. The SMILES string of the molecule is COC1CCC2(CC1)Cc1ccc(CC(C)C)cc1C21NC(=O)CC1=O. The molecule has 1 N–H and O–H groups in total. The van der Waals surface area contributed by atoms with E-state index in [1.165, 1.54) is 11.1 Å². The Kier molecular flexibility index (Phi) is 4.22. The molecule has 140 valence electrons. The quantitative estimate of drug-likeness (QED) is 0.847. The van der Waals surface area contributed by atoms with E-state index in [1.807, 2.05) is 0 Å². The molecule has 1 saturated heterocycles. The fourth-order valence-corrected chi connectivity index (χ4v) is 5.69. The topological polar surface area (TPSA) is 55.4 Å². The first-order chi connectivity index (χ1) is 12.4. The fraction of sp³-hybridized carbons (Fsp3) is 0.636. The van der Waals surface area contributed by atoms with E-state index in [-0.39, 0.29) is 29.6 Å². The van der Waals surface area contributed by atoms with Gasteiger partial charge in [0.25, 0.3) is 0 Å². The number of hydrogen-bond acceptors (Lipinski definition) is 3. The Morgan fingerprint density at radius 1 is 1.23 bits per heavy atom. The molecule has 4 heteroatoms. The molecule has 1 aliphatic heterocycles. The van der Waals surface area contributed by atoms with Gasteiger partial charge in [-0.05, 0) is 61.1 Å². The monoisotopic (exact) mass is 355 g/mol. The zero-order chi connectivity index (χ0) is 18.5. The average molecular weight is 355 g/mol. The second-order valence-electron chi connectivity index (χ2n) is 8.88. The van der Waals surface area contributed by atoms with Crippen molar-refractivity contribution in [2.75, 3.05) is 7.11 Å². The second-order valence-corrected chi connectivity index (χ2v) is 8.88. The van der Waals surface area contributed by atoms with Gasteiger partial charge in [-0.3, -0.25) is 9.59 Å². The van der Waals surface area contributed by atoms with Crippen LogP contribution in [-0.2, 0) is 32.7 Å². The van der Waals surface area contributed by atoms with Crippen molar-refractivity contribution in [3.63, 3.8) is 0 Å². The van der Waals surface area contributed by atoms with Crippen LogP contribution in [0.3, 0.4) is 0 Å². The Labute approximate surface area is 155 Å². The fourth-order valence-electron chi connectivity index (χ4n) is 5.69. The maximum absolute atomic E-state index is 13.2. The molecule has 26 heavy (non-hydrogen) atoms. The van der Waals surface area contributed by atoms with Crippen LogP contribution >= 0.6 is 0 Å². The maximum Gasteiger partial charge on any atom is 0.228 e. The van der Waals surface area contributed by atoms with Gasteiger partial charge in [-0.2, -0.15) is 0 Å². The molecule has 0 bridgehead atoms. The van der Waals surface area contributed by atoms with Crippen molar-refractivity contribution >= 4 is 11.7 Å². The van der Waals surface area contributed by atoms with Gasteiger partial charge in [0, 0.05) is 12.5 Å². The van der Waals surface area contributed by atoms with Gasteiger partial charge in [0.15, 0.2) is 5.78 Å². The van der Waals surface area contributed by atoms with E-state index in [1.54, 1.807) is 7.11 Å². The molecule has 2 aliphatic carbocycles. The molecule has 1 aromatic rings. The van der Waals surface area contributed by atoms with Crippen molar-refractivity contribution < 1.29 is 14.3 Å². The van der Waals surface area contributed by atoms with E-state index < -0.39 is 5.54 Å². The summed E-state index contributed by atoms with van der Waals surface area (Å²) in [5.74, 6) is 0.509. The van der Waals surface area contributed by atoms with Crippen molar-refractivity contribution in [2.45, 2.75) is 70.4 Å². The van der Waals surface area contributed by atoms with Gasteiger partial charge < -0.3 is 10.1 Å². The van der Waals surface area contributed by atoms with Crippen LogP contribution in [0.4, 0.5) is 0 Å². The molecule has 1 amide bonds. The largest absolute Gasteiger partial charge is 0.381 e. The number of methoxy groups -OCH3 is 1. The minimum atomic E-state index is -0.814. The zero-order valence-corrected chi connectivity index (χ0v) is 16.1. The summed E-state index contributed by atoms with van der Waals surface area (Å²) in [5, 5.41) is 3.18. The van der Waals surface area contributed by atoms with E-state index in [2.05, 4.69) is 37.4 Å². The molecule has 2 spiro atoms. The van der Waals surface area contributed by atoms with Gasteiger partial charge in [0.1, 0.15) is 5.54 Å². The van der Waals surface area contributed by atoms with Crippen molar-refractivity contribution in [1.82, 2.24) is 5.32 Å². The molecular formula is C22H29NO3. The average Bonchev–Trinajstić information content (AvgIpc) is 3.04. The lowest BCUT2D eigenvalue weighted by Crippen LogP contribution is -2.56. The molecule has 1 saturated carbocycles. The summed E-state index contributed by atoms with van der Waals surface area (Å²) < 4.78 is 5.56. The summed E-state index contributed by atoms with van der Waals surface area (Å²) in [4.78, 5) is 25.5. The minimum absolute atomic E-state index is 0.0172. The minimum Gasteiger partial charge on any atom is -0.381 e. The standard InChI is InChI=1S/C22H29NO3/c1-14(2)10-15-4-5-16-13-21(8-6-17(26-3)7-9-21)22(18(16)11-15)19(24)12-20(25)23-22/h4-5,11,14,17H,6-10,12-13H2,1-3H3,(H,23,25). The second kappa shape index (κ2) is 6.19. The lowest BCUT2D eigenvalue weighted by Gasteiger charge is -2.47. The summed E-state index contributed by atoms with van der Waals surface area (Å²) in [6.45, 7) is 4.41. The predicted octanol–water partition coefficient (Wildman–Crippen LogP) is 3.30. The van der Waals surface area contributed by atoms with Gasteiger partial charge >= 0.3 is 0 Å². The normalized spacial score (nSPS) is 33.3. The number of nitrogens with one attached hydrogen (secondary N) is 1. The number of benzene rings is 1. The third-order valence-corrected chi connectivity index (χ3v) is 6.84. The highest BCUT2D eigenvalue weighted by Gasteiger charge is 2.65. The number of rotatable bonds is 3. The van der Waals surface area contributed by atoms with Crippen LogP contribution in [0, 0.1) is 11.3 Å². The molecule has 1 unspecified atom stereocenters. The Balaban J connectivity index is 1.80. The first kappa shape index (κ1) is 17.7. The van der Waals surface area contributed by atoms with Gasteiger partial charge in [0.05, 0.1) is 12.5 Å². The highest BCUT2D eigenvalue weighted by atomic mass is 16.5. The Morgan fingerprint density at radius 3 is 2.54 bits per heavy atom. The number of hydrogen-bond donors (Lipinski definition) is 1. The van der Waals surface area contributed by atoms with Gasteiger partial charge in [0.2, 0.25) is 5.91 Å². The van der Waals surface area contributed by atoms with Crippen LogP contribution in [0.1, 0.15) is 62.6 Å². The maximum atomic E-state index is 13.2. The van der Waals surface area contributed by atoms with Gasteiger partial charge in [-0.15, -0.1) is 0 Å². The zero-order valence-electron chi connectivity index (χ0n) is 16.1. The molecular weight excluding hydrogens is 326 g/mol. The molecule has 0 aromatic heterocycles. The Bertz CT molecular complexity index is 746. The summed E-state index contributed by atoms with van der Waals surface area (Å²) in [7, 11) is 1.77. The lowest BCUT2D eigenvalue weighted by atomic mass is 9.60. The van der Waals surface area contributed by atoms with E-state index in [9.17, 15) is 9.59 Å². The molecule has 0 radical (unpaired) electrons. The predicted molar refractivity (Wildman–Crippen MR) is 99.8 cm³/mol. The number of carbonyl (C=O) groups is 2. The summed E-state index contributed by atoms with van der Waals surface area (Å²) in [6, 6.07) is 6.60. The van der Waals surface area contributed by atoms with Crippen LogP contribution in [0.2, 0.25) is 0 Å². The Hall–Kier alpha value is -1.68. The van der Waals surface area contributed by atoms with Crippen molar-refractivity contribution in [3.05, 3.63) is 34.9 Å². The van der Waals surface area contributed by atoms with Crippen molar-refractivity contribution in [2.24, 2.45) is 11.3 Å². The van der Waals surface area contributed by atoms with E-state index >= 15 is 0 Å². The van der Waals surface area contributed by atoms with E-state index in [4.69, 9.17) is 4.74 Å². The highest BCUT2D eigenvalue weighted by molar-refractivity contribution is 6.11. The third kappa shape index (κ3) is 2.45. The summed E-state index contributed by atoms with van der Waals surface area (Å²) in [6.07, 6.45) is 5.91. The van der Waals surface area contributed by atoms with Gasteiger partial charge in [-0.25, -0.2) is 0 Å². The number of Topliss-reactive ketones (excluding diaryl/α,β-unsaturated/α-hetero) is 1. The molecule has 1 heterocycles. The summed E-state index contributed by atoms with van der Waals surface area (Å²) in [5.41, 5.74) is 2.57. The van der Waals surface area contributed by atoms with Crippen LogP contribution in [0.25, 0.3) is 0 Å². The Morgan fingerprint density at radius 2 is 1.96 bits per heavy atom. The first-order valence-electron chi connectivity index (χ1n) is 9.89. The number of carbonyl (C=O) groups excluding carboxylic acids is 2. The van der Waals surface area contributed by atoms with Crippen molar-refractivity contribution in [1.29, 1.82) is 0 Å². The van der Waals surface area contributed by atoms with Crippen LogP contribution in [0.15, 0.2) is 18.2 Å². The smallest absolute Gasteiger partial charge is 0.228 e. The molecule has 2 fully saturated rings. The van der Waals surface area contributed by atoms with E-state index in [0.717, 1.165) is 44.1 Å². The molecule has 1 atom stereocenters. The van der Waals surface area contributed by atoms with E-state index in [0.29, 0.717) is 5.92 Å². The first-order valence-corrected chi connectivity index (χ1v) is 9.89. The van der Waals surface area contributed by atoms with Gasteiger partial charge in [-0.1, -0.05) is 32.0 Å². The van der Waals surface area contributed by atoms with Crippen LogP contribution in [0.5, 0.6) is 0 Å². The molecule has 4 nitrogen and oxygen atoms in total. The molecule has 1 aromatic carbocycles. The number of amides is 1. The van der Waals surface area contributed by atoms with Crippen molar-refractivity contribution in [3.8, 4) is 0 Å². The third-order valence-electron chi connectivity index (χ3n) is 6.84. The van der Waals surface area contributed by atoms with Crippen LogP contribution < -0.4 is 5.32 Å². The highest BCUT2D eigenvalue weighted by Crippen LogP contribution is 2.59. The lowest BCUT2D eigenvalue weighted by molar-refractivity contribution is -0.129.